The second-order valence-electron chi connectivity index (χ2n) is 4.26. The van der Waals surface area contributed by atoms with Crippen LogP contribution in [0.15, 0.2) is 22.8 Å². The Hall–Kier alpha value is -2.11. The van der Waals surface area contributed by atoms with E-state index in [4.69, 9.17) is 9.15 Å². The van der Waals surface area contributed by atoms with Crippen molar-refractivity contribution in [1.82, 2.24) is 4.90 Å². The zero-order chi connectivity index (χ0) is 13.8. The van der Waals surface area contributed by atoms with Crippen molar-refractivity contribution in [2.75, 3.05) is 19.7 Å². The Bertz CT molecular complexity index is 479. The van der Waals surface area contributed by atoms with Crippen LogP contribution in [0.1, 0.15) is 23.9 Å². The Morgan fingerprint density at radius 2 is 2.32 bits per heavy atom. The summed E-state index contributed by atoms with van der Waals surface area (Å²) in [6, 6.07) is 3.16. The minimum atomic E-state index is -0.749. The van der Waals surface area contributed by atoms with Gasteiger partial charge in [0.2, 0.25) is 0 Å². The van der Waals surface area contributed by atoms with Crippen LogP contribution in [0.4, 0.5) is 0 Å². The third-order valence-corrected chi connectivity index (χ3v) is 3.01. The molecule has 1 unspecified atom stereocenters. The van der Waals surface area contributed by atoms with Crippen LogP contribution in [-0.4, -0.2) is 42.3 Å². The van der Waals surface area contributed by atoms with Gasteiger partial charge >= 0.3 is 5.97 Å². The molecule has 1 fully saturated rings. The maximum absolute atomic E-state index is 12.0. The first-order valence-corrected chi connectivity index (χ1v) is 6.15. The number of esters is 1. The molecule has 102 valence electrons. The summed E-state index contributed by atoms with van der Waals surface area (Å²) in [5.74, 6) is -1.68. The first-order valence-electron chi connectivity index (χ1n) is 6.15. The summed E-state index contributed by atoms with van der Waals surface area (Å²) in [6.07, 6.45) is 1.70. The average Bonchev–Trinajstić information content (AvgIpc) is 2.91. The van der Waals surface area contributed by atoms with Crippen molar-refractivity contribution in [2.45, 2.75) is 13.3 Å². The molecule has 6 heteroatoms. The molecule has 0 radical (unpaired) electrons. The molecule has 0 aromatic carbocycles. The highest BCUT2D eigenvalue weighted by Crippen LogP contribution is 2.18. The molecule has 0 aliphatic carbocycles. The molecule has 1 aliphatic rings. The van der Waals surface area contributed by atoms with E-state index in [1.54, 1.807) is 19.1 Å². The highest BCUT2D eigenvalue weighted by Gasteiger charge is 2.35. The lowest BCUT2D eigenvalue weighted by Gasteiger charge is -2.29. The van der Waals surface area contributed by atoms with E-state index in [2.05, 4.69) is 0 Å². The van der Waals surface area contributed by atoms with Crippen molar-refractivity contribution in [3.05, 3.63) is 24.2 Å². The van der Waals surface area contributed by atoms with Crippen molar-refractivity contribution in [3.63, 3.8) is 0 Å². The first kappa shape index (κ1) is 13.3. The maximum atomic E-state index is 12.0. The summed E-state index contributed by atoms with van der Waals surface area (Å²) < 4.78 is 9.84. The minimum absolute atomic E-state index is 0.0803. The van der Waals surface area contributed by atoms with Crippen LogP contribution >= 0.6 is 0 Å². The molecule has 6 nitrogen and oxygen atoms in total. The van der Waals surface area contributed by atoms with E-state index in [1.165, 1.54) is 11.2 Å². The number of carbonyl (C=O) groups is 3. The molecule has 0 N–H and O–H groups in total. The highest BCUT2D eigenvalue weighted by atomic mass is 16.5. The van der Waals surface area contributed by atoms with Crippen LogP contribution in [0, 0.1) is 5.92 Å². The third kappa shape index (κ3) is 2.83. The van der Waals surface area contributed by atoms with Crippen LogP contribution in [0.5, 0.6) is 0 Å². The van der Waals surface area contributed by atoms with Gasteiger partial charge in [-0.3, -0.25) is 14.4 Å². The van der Waals surface area contributed by atoms with Gasteiger partial charge in [-0.05, 0) is 25.5 Å². The van der Waals surface area contributed by atoms with E-state index < -0.39 is 11.9 Å². The van der Waals surface area contributed by atoms with Crippen LogP contribution < -0.4 is 0 Å². The molecule has 1 amide bonds. The first-order chi connectivity index (χ1) is 9.13. The van der Waals surface area contributed by atoms with Gasteiger partial charge in [-0.1, -0.05) is 0 Å². The van der Waals surface area contributed by atoms with Crippen molar-refractivity contribution < 1.29 is 23.5 Å². The number of furan rings is 1. The molecular weight excluding hydrogens is 250 g/mol. The summed E-state index contributed by atoms with van der Waals surface area (Å²) in [4.78, 5) is 36.8. The van der Waals surface area contributed by atoms with Gasteiger partial charge in [0.1, 0.15) is 5.92 Å². The number of carbonyl (C=O) groups excluding carboxylic acids is 3. The molecule has 0 spiro atoms. The lowest BCUT2D eigenvalue weighted by atomic mass is 9.95. The Morgan fingerprint density at radius 1 is 1.53 bits per heavy atom. The molecule has 1 aromatic rings. The van der Waals surface area contributed by atoms with E-state index >= 15 is 0 Å². The van der Waals surface area contributed by atoms with E-state index in [-0.39, 0.29) is 30.6 Å². The standard InChI is InChI=1S/C13H15NO5/c1-2-18-13(17)9-5-6-14(8-10(9)15)12(16)11-4-3-7-19-11/h3-4,7,9H,2,5-6,8H2,1H3. The molecule has 1 atom stereocenters. The Kier molecular flexibility index (Phi) is 3.99. The van der Waals surface area contributed by atoms with Gasteiger partial charge in [-0.2, -0.15) is 0 Å². The number of hydrogen-bond donors (Lipinski definition) is 0. The molecule has 0 saturated carbocycles. The number of Topliss-reactive ketones (excluding diaryl/α,β-unsaturated/α-hetero) is 1. The number of hydrogen-bond acceptors (Lipinski definition) is 5. The van der Waals surface area contributed by atoms with Crippen molar-refractivity contribution in [2.24, 2.45) is 5.92 Å². The number of piperidine rings is 1. The second-order valence-corrected chi connectivity index (χ2v) is 4.26. The largest absolute Gasteiger partial charge is 0.465 e. The Labute approximate surface area is 110 Å². The van der Waals surface area contributed by atoms with Crippen LogP contribution in [0.2, 0.25) is 0 Å². The zero-order valence-corrected chi connectivity index (χ0v) is 10.6. The summed E-state index contributed by atoms with van der Waals surface area (Å²) in [7, 11) is 0. The molecule has 0 bridgehead atoms. The summed E-state index contributed by atoms with van der Waals surface area (Å²) >= 11 is 0. The van der Waals surface area contributed by atoms with Crippen LogP contribution in [0.3, 0.4) is 0 Å². The van der Waals surface area contributed by atoms with Gasteiger partial charge in [0.05, 0.1) is 19.4 Å². The Morgan fingerprint density at radius 3 is 2.89 bits per heavy atom. The number of ketones is 1. The van der Waals surface area contributed by atoms with Crippen molar-refractivity contribution in [3.8, 4) is 0 Å². The number of rotatable bonds is 3. The fourth-order valence-corrected chi connectivity index (χ4v) is 2.04. The monoisotopic (exact) mass is 265 g/mol. The number of nitrogens with zero attached hydrogens (tertiary/aromatic N) is 1. The molecule has 19 heavy (non-hydrogen) atoms. The van der Waals surface area contributed by atoms with Crippen molar-refractivity contribution >= 4 is 17.7 Å². The molecule has 1 aromatic heterocycles. The number of amides is 1. The van der Waals surface area contributed by atoms with E-state index in [0.717, 1.165) is 0 Å². The predicted molar refractivity (Wildman–Crippen MR) is 64.4 cm³/mol. The summed E-state index contributed by atoms with van der Waals surface area (Å²) in [6.45, 7) is 2.20. The Balaban J connectivity index is 1.98. The van der Waals surface area contributed by atoms with Crippen LogP contribution in [-0.2, 0) is 14.3 Å². The van der Waals surface area contributed by atoms with Crippen molar-refractivity contribution in [1.29, 1.82) is 0 Å². The zero-order valence-electron chi connectivity index (χ0n) is 10.6. The van der Waals surface area contributed by atoms with Gasteiger partial charge in [0, 0.05) is 6.54 Å². The van der Waals surface area contributed by atoms with Gasteiger partial charge in [0.15, 0.2) is 11.5 Å². The molecule has 2 rings (SSSR count). The number of likely N-dealkylation sites (tertiary alicyclic amines) is 1. The molecule has 1 saturated heterocycles. The summed E-state index contributed by atoms with van der Waals surface area (Å²) in [5.41, 5.74) is 0. The minimum Gasteiger partial charge on any atom is -0.465 e. The maximum Gasteiger partial charge on any atom is 0.316 e. The van der Waals surface area contributed by atoms with Gasteiger partial charge in [0.25, 0.3) is 5.91 Å². The van der Waals surface area contributed by atoms with E-state index in [9.17, 15) is 14.4 Å². The SMILES string of the molecule is CCOC(=O)C1CCN(C(=O)c2ccco2)CC1=O. The van der Waals surface area contributed by atoms with E-state index in [1.807, 2.05) is 0 Å². The lowest BCUT2D eigenvalue weighted by molar-refractivity contribution is -0.153. The van der Waals surface area contributed by atoms with Gasteiger partial charge < -0.3 is 14.1 Å². The lowest BCUT2D eigenvalue weighted by Crippen LogP contribution is -2.46. The van der Waals surface area contributed by atoms with Crippen LogP contribution in [0.25, 0.3) is 0 Å². The second kappa shape index (κ2) is 5.69. The fraction of sp³-hybridized carbons (Fsp3) is 0.462. The topological polar surface area (TPSA) is 76.8 Å². The quantitative estimate of drug-likeness (QED) is 0.598. The van der Waals surface area contributed by atoms with E-state index in [0.29, 0.717) is 13.0 Å². The smallest absolute Gasteiger partial charge is 0.316 e. The third-order valence-electron chi connectivity index (χ3n) is 3.01. The molecule has 1 aliphatic heterocycles. The normalized spacial score (nSPS) is 19.3. The predicted octanol–water partition coefficient (Wildman–Crippen LogP) is 0.874. The highest BCUT2D eigenvalue weighted by molar-refractivity contribution is 6.03. The molecule has 2 heterocycles. The average molecular weight is 265 g/mol. The van der Waals surface area contributed by atoms with Gasteiger partial charge in [-0.25, -0.2) is 0 Å². The summed E-state index contributed by atoms with van der Waals surface area (Å²) in [5, 5.41) is 0. The van der Waals surface area contributed by atoms with Gasteiger partial charge in [-0.15, -0.1) is 0 Å². The molecular formula is C13H15NO5. The fourth-order valence-electron chi connectivity index (χ4n) is 2.04. The number of ether oxygens (including phenoxy) is 1.